The van der Waals surface area contributed by atoms with E-state index in [-0.39, 0.29) is 6.03 Å². The van der Waals surface area contributed by atoms with E-state index in [1.807, 2.05) is 25.1 Å². The number of hydrogen-bond donors (Lipinski definition) is 2. The highest BCUT2D eigenvalue weighted by Crippen LogP contribution is 2.34. The topological polar surface area (TPSA) is 69.6 Å². The molecular formula is C15H19IN2O3. The van der Waals surface area contributed by atoms with Gasteiger partial charge in [-0.1, -0.05) is 19.4 Å². The molecule has 1 atom stereocenters. The van der Waals surface area contributed by atoms with Gasteiger partial charge >= 0.3 is 12.0 Å². The number of carbonyl (C=O) groups is 2. The van der Waals surface area contributed by atoms with E-state index in [1.165, 1.54) is 4.90 Å². The number of urea groups is 1. The van der Waals surface area contributed by atoms with Gasteiger partial charge in [0.05, 0.1) is 0 Å². The number of carbonyl (C=O) groups excluding carboxylic acids is 1. The summed E-state index contributed by atoms with van der Waals surface area (Å²) in [6.07, 6.45) is 2.48. The Kier molecular flexibility index (Phi) is 5.08. The zero-order valence-corrected chi connectivity index (χ0v) is 14.1. The maximum Gasteiger partial charge on any atom is 0.329 e. The van der Waals surface area contributed by atoms with Crippen LogP contribution in [0.5, 0.6) is 0 Å². The molecular weight excluding hydrogens is 383 g/mol. The fourth-order valence-corrected chi connectivity index (χ4v) is 3.48. The van der Waals surface area contributed by atoms with Crippen molar-refractivity contribution in [3.63, 3.8) is 0 Å². The Bertz CT molecular complexity index is 549. The molecule has 0 bridgehead atoms. The number of nitrogens with one attached hydrogen (secondary N) is 1. The van der Waals surface area contributed by atoms with Gasteiger partial charge in [0.2, 0.25) is 0 Å². The lowest BCUT2D eigenvalue weighted by atomic mass is 9.91. The maximum atomic E-state index is 12.5. The van der Waals surface area contributed by atoms with E-state index in [2.05, 4.69) is 27.9 Å². The Morgan fingerprint density at radius 3 is 2.86 bits per heavy atom. The summed E-state index contributed by atoms with van der Waals surface area (Å²) < 4.78 is 1.02. The van der Waals surface area contributed by atoms with Crippen LogP contribution >= 0.6 is 22.6 Å². The molecule has 21 heavy (non-hydrogen) atoms. The number of rotatable bonds is 4. The van der Waals surface area contributed by atoms with Crippen LogP contribution in [0.3, 0.4) is 0 Å². The number of aliphatic carboxylic acids is 1. The first-order valence-electron chi connectivity index (χ1n) is 7.07. The SMILES string of the molecule is CCCC1(C(=O)O)CCCN1C(=O)Nc1cccc(I)c1. The molecule has 1 heterocycles. The Balaban J connectivity index is 2.19. The van der Waals surface area contributed by atoms with Gasteiger partial charge in [-0.25, -0.2) is 9.59 Å². The molecule has 1 aliphatic rings. The smallest absolute Gasteiger partial charge is 0.329 e. The molecule has 1 fully saturated rings. The van der Waals surface area contributed by atoms with Crippen molar-refractivity contribution in [2.45, 2.75) is 38.1 Å². The Hall–Kier alpha value is -1.31. The molecule has 0 spiro atoms. The molecule has 0 radical (unpaired) electrons. The molecule has 0 saturated carbocycles. The minimum absolute atomic E-state index is 0.328. The molecule has 1 aromatic rings. The molecule has 0 aliphatic carbocycles. The standard InChI is InChI=1S/C15H19IN2O3/c1-2-7-15(13(19)20)8-4-9-18(15)14(21)17-12-6-3-5-11(16)10-12/h3,5-6,10H,2,4,7-9H2,1H3,(H,17,21)(H,19,20). The van der Waals surface area contributed by atoms with Crippen LogP contribution in [0.15, 0.2) is 24.3 Å². The second-order valence-electron chi connectivity index (χ2n) is 5.28. The maximum absolute atomic E-state index is 12.5. The van der Waals surface area contributed by atoms with Crippen molar-refractivity contribution in [2.75, 3.05) is 11.9 Å². The fourth-order valence-electron chi connectivity index (χ4n) is 2.93. The van der Waals surface area contributed by atoms with Gasteiger partial charge in [-0.3, -0.25) is 0 Å². The average molecular weight is 402 g/mol. The molecule has 6 heteroatoms. The summed E-state index contributed by atoms with van der Waals surface area (Å²) in [7, 11) is 0. The third kappa shape index (κ3) is 3.30. The van der Waals surface area contributed by atoms with Crippen LogP contribution in [0.2, 0.25) is 0 Å². The lowest BCUT2D eigenvalue weighted by molar-refractivity contribution is -0.148. The molecule has 2 rings (SSSR count). The summed E-state index contributed by atoms with van der Waals surface area (Å²) in [5.74, 6) is -0.903. The van der Waals surface area contributed by atoms with E-state index in [4.69, 9.17) is 0 Å². The average Bonchev–Trinajstić information content (AvgIpc) is 2.84. The fraction of sp³-hybridized carbons (Fsp3) is 0.467. The predicted octanol–water partition coefficient (Wildman–Crippen LogP) is 3.54. The van der Waals surface area contributed by atoms with Crippen molar-refractivity contribution in [1.29, 1.82) is 0 Å². The molecule has 1 aromatic carbocycles. The van der Waals surface area contributed by atoms with Crippen molar-refractivity contribution >= 4 is 40.3 Å². The Morgan fingerprint density at radius 2 is 2.24 bits per heavy atom. The van der Waals surface area contributed by atoms with Gasteiger partial charge in [0.15, 0.2) is 0 Å². The molecule has 114 valence electrons. The zero-order valence-electron chi connectivity index (χ0n) is 11.9. The highest BCUT2D eigenvalue weighted by molar-refractivity contribution is 14.1. The van der Waals surface area contributed by atoms with Crippen LogP contribution in [-0.2, 0) is 4.79 Å². The van der Waals surface area contributed by atoms with E-state index in [9.17, 15) is 14.7 Å². The lowest BCUT2D eigenvalue weighted by Crippen LogP contribution is -2.54. The molecule has 2 N–H and O–H groups in total. The number of amides is 2. The van der Waals surface area contributed by atoms with Crippen LogP contribution in [0.4, 0.5) is 10.5 Å². The van der Waals surface area contributed by atoms with Crippen molar-refractivity contribution in [1.82, 2.24) is 4.90 Å². The van der Waals surface area contributed by atoms with Crippen LogP contribution < -0.4 is 5.32 Å². The molecule has 1 saturated heterocycles. The summed E-state index contributed by atoms with van der Waals surface area (Å²) in [6, 6.07) is 7.13. The minimum Gasteiger partial charge on any atom is -0.479 e. The van der Waals surface area contributed by atoms with Crippen molar-refractivity contribution in [3.8, 4) is 0 Å². The zero-order chi connectivity index (χ0) is 15.5. The van der Waals surface area contributed by atoms with Crippen LogP contribution in [0.25, 0.3) is 0 Å². The summed E-state index contributed by atoms with van der Waals surface area (Å²) in [5, 5.41) is 12.4. The number of nitrogens with zero attached hydrogens (tertiary/aromatic N) is 1. The predicted molar refractivity (Wildman–Crippen MR) is 89.4 cm³/mol. The van der Waals surface area contributed by atoms with Crippen molar-refractivity contribution in [3.05, 3.63) is 27.8 Å². The van der Waals surface area contributed by atoms with Crippen LogP contribution in [-0.4, -0.2) is 34.1 Å². The second-order valence-corrected chi connectivity index (χ2v) is 6.53. The quantitative estimate of drug-likeness (QED) is 0.757. The van der Waals surface area contributed by atoms with E-state index < -0.39 is 11.5 Å². The van der Waals surface area contributed by atoms with Gasteiger partial charge in [-0.2, -0.15) is 0 Å². The summed E-state index contributed by atoms with van der Waals surface area (Å²) >= 11 is 2.17. The third-order valence-electron chi connectivity index (χ3n) is 3.87. The third-order valence-corrected chi connectivity index (χ3v) is 4.54. The normalized spacial score (nSPS) is 21.3. The van der Waals surface area contributed by atoms with E-state index in [0.29, 0.717) is 25.1 Å². The van der Waals surface area contributed by atoms with E-state index in [0.717, 1.165) is 16.4 Å². The highest BCUT2D eigenvalue weighted by Gasteiger charge is 2.49. The van der Waals surface area contributed by atoms with Gasteiger partial charge < -0.3 is 15.3 Å². The van der Waals surface area contributed by atoms with Gasteiger partial charge in [0.1, 0.15) is 5.54 Å². The van der Waals surface area contributed by atoms with Crippen LogP contribution in [0, 0.1) is 3.57 Å². The summed E-state index contributed by atoms with van der Waals surface area (Å²) in [5.41, 5.74) is -0.365. The minimum atomic E-state index is -1.05. The number of carboxylic acid groups (broad SMARTS) is 1. The van der Waals surface area contributed by atoms with Gasteiger partial charge in [-0.15, -0.1) is 0 Å². The second kappa shape index (κ2) is 6.64. The van der Waals surface area contributed by atoms with Crippen molar-refractivity contribution in [2.24, 2.45) is 0 Å². The Labute approximate surface area is 137 Å². The Morgan fingerprint density at radius 1 is 1.48 bits per heavy atom. The lowest BCUT2D eigenvalue weighted by Gasteiger charge is -2.34. The first-order chi connectivity index (χ1) is 9.99. The molecule has 2 amide bonds. The monoisotopic (exact) mass is 402 g/mol. The molecule has 1 unspecified atom stereocenters. The largest absolute Gasteiger partial charge is 0.479 e. The molecule has 1 aliphatic heterocycles. The molecule has 0 aromatic heterocycles. The van der Waals surface area contributed by atoms with Gasteiger partial charge in [-0.05, 0) is 60.1 Å². The van der Waals surface area contributed by atoms with Crippen LogP contribution in [0.1, 0.15) is 32.6 Å². The summed E-state index contributed by atoms with van der Waals surface area (Å²) in [6.45, 7) is 2.43. The van der Waals surface area contributed by atoms with E-state index in [1.54, 1.807) is 6.07 Å². The first kappa shape index (κ1) is 16.1. The summed E-state index contributed by atoms with van der Waals surface area (Å²) in [4.78, 5) is 25.7. The highest BCUT2D eigenvalue weighted by atomic mass is 127. The number of likely N-dealkylation sites (tertiary alicyclic amines) is 1. The van der Waals surface area contributed by atoms with Gasteiger partial charge in [0, 0.05) is 15.8 Å². The van der Waals surface area contributed by atoms with E-state index >= 15 is 0 Å². The molecule has 5 nitrogen and oxygen atoms in total. The number of anilines is 1. The van der Waals surface area contributed by atoms with Gasteiger partial charge in [0.25, 0.3) is 0 Å². The number of hydrogen-bond acceptors (Lipinski definition) is 2. The first-order valence-corrected chi connectivity index (χ1v) is 8.15. The number of carboxylic acids is 1. The number of benzene rings is 1. The van der Waals surface area contributed by atoms with Crippen molar-refractivity contribution < 1.29 is 14.7 Å². The number of halogens is 1.